The molecule has 2 aromatic carbocycles. The molecule has 2 amide bonds. The Morgan fingerprint density at radius 1 is 1.11 bits per heavy atom. The summed E-state index contributed by atoms with van der Waals surface area (Å²) in [4.78, 5) is 23.5. The molecule has 6 nitrogen and oxygen atoms in total. The predicted octanol–water partition coefficient (Wildman–Crippen LogP) is 3.19. The summed E-state index contributed by atoms with van der Waals surface area (Å²) in [5, 5.41) is 5.74. The van der Waals surface area contributed by atoms with E-state index in [0.717, 1.165) is 18.2 Å². The largest absolute Gasteiger partial charge is 0.493 e. The van der Waals surface area contributed by atoms with Gasteiger partial charge < -0.3 is 10.1 Å². The van der Waals surface area contributed by atoms with Crippen molar-refractivity contribution < 1.29 is 27.5 Å². The molecule has 0 saturated carbocycles. The minimum absolute atomic E-state index is 0.157. The summed E-state index contributed by atoms with van der Waals surface area (Å²) in [6, 6.07) is 10.9. The van der Waals surface area contributed by atoms with E-state index in [0.29, 0.717) is 17.9 Å². The van der Waals surface area contributed by atoms with Crippen LogP contribution in [0.3, 0.4) is 0 Å². The van der Waals surface area contributed by atoms with E-state index in [2.05, 4.69) is 10.4 Å². The molecule has 0 saturated heterocycles. The third kappa shape index (κ3) is 5.84. The van der Waals surface area contributed by atoms with Gasteiger partial charge in [0, 0.05) is 11.3 Å². The fourth-order valence-corrected chi connectivity index (χ4v) is 2.05. The van der Waals surface area contributed by atoms with E-state index in [9.17, 15) is 22.8 Å². The van der Waals surface area contributed by atoms with E-state index in [4.69, 9.17) is 4.74 Å². The number of hydrazone groups is 1. The fraction of sp³-hybridized carbons (Fsp3) is 0.167. The average Bonchev–Trinajstić information content (AvgIpc) is 2.62. The van der Waals surface area contributed by atoms with Crippen LogP contribution in [-0.4, -0.2) is 24.6 Å². The Hall–Kier alpha value is -3.36. The molecule has 142 valence electrons. The maximum Gasteiger partial charge on any atom is 0.416 e. The molecule has 0 aliphatic rings. The first-order valence-corrected chi connectivity index (χ1v) is 7.84. The predicted molar refractivity (Wildman–Crippen MR) is 93.4 cm³/mol. The summed E-state index contributed by atoms with van der Waals surface area (Å²) >= 11 is 0. The lowest BCUT2D eigenvalue weighted by atomic mass is 10.2. The van der Waals surface area contributed by atoms with Gasteiger partial charge in [0.15, 0.2) is 0 Å². The van der Waals surface area contributed by atoms with Crippen LogP contribution in [0.2, 0.25) is 0 Å². The molecule has 0 aromatic heterocycles. The van der Waals surface area contributed by atoms with Gasteiger partial charge in [-0.05, 0) is 37.3 Å². The lowest BCUT2D eigenvalue weighted by Gasteiger charge is -2.09. The molecular formula is C18H16F3N3O3. The van der Waals surface area contributed by atoms with Gasteiger partial charge in [0.05, 0.1) is 18.4 Å². The third-order valence-corrected chi connectivity index (χ3v) is 3.24. The molecule has 0 bridgehead atoms. The zero-order valence-corrected chi connectivity index (χ0v) is 14.2. The average molecular weight is 379 g/mol. The monoisotopic (exact) mass is 379 g/mol. The summed E-state index contributed by atoms with van der Waals surface area (Å²) in [6.07, 6.45) is -3.26. The first kappa shape index (κ1) is 20.0. The number of hydrogen-bond donors (Lipinski definition) is 2. The standard InChI is InChI=1S/C18H16F3N3O3/c1-2-27-15-9-4-3-6-12(15)11-22-24-17(26)16(25)23-14-8-5-7-13(10-14)18(19,20)21/h3-11H,2H2,1H3,(H,23,25)(H,24,26)/b22-11-. The van der Waals surface area contributed by atoms with Crippen molar-refractivity contribution in [2.24, 2.45) is 5.10 Å². The Morgan fingerprint density at radius 2 is 1.85 bits per heavy atom. The van der Waals surface area contributed by atoms with Crippen LogP contribution >= 0.6 is 0 Å². The minimum atomic E-state index is -4.55. The number of carbonyl (C=O) groups excluding carboxylic acids is 2. The molecule has 0 aliphatic heterocycles. The first-order chi connectivity index (χ1) is 12.8. The van der Waals surface area contributed by atoms with Crippen molar-refractivity contribution in [3.05, 3.63) is 59.7 Å². The Kier molecular flexibility index (Phi) is 6.53. The minimum Gasteiger partial charge on any atom is -0.493 e. The highest BCUT2D eigenvalue weighted by Gasteiger charge is 2.30. The first-order valence-electron chi connectivity index (χ1n) is 7.84. The smallest absolute Gasteiger partial charge is 0.416 e. The maximum absolute atomic E-state index is 12.7. The van der Waals surface area contributed by atoms with Crippen molar-refractivity contribution >= 4 is 23.7 Å². The maximum atomic E-state index is 12.7. The lowest BCUT2D eigenvalue weighted by molar-refractivity contribution is -0.137. The van der Waals surface area contributed by atoms with Crippen molar-refractivity contribution in [1.82, 2.24) is 5.43 Å². The van der Waals surface area contributed by atoms with Crippen molar-refractivity contribution in [2.75, 3.05) is 11.9 Å². The normalized spacial score (nSPS) is 11.3. The zero-order chi connectivity index (χ0) is 19.9. The van der Waals surface area contributed by atoms with Crippen LogP contribution in [0.25, 0.3) is 0 Å². The summed E-state index contributed by atoms with van der Waals surface area (Å²) in [5.41, 5.74) is 1.49. The number of para-hydroxylation sites is 1. The van der Waals surface area contributed by atoms with Gasteiger partial charge in [0.2, 0.25) is 0 Å². The quantitative estimate of drug-likeness (QED) is 0.476. The van der Waals surface area contributed by atoms with Crippen LogP contribution in [-0.2, 0) is 15.8 Å². The molecule has 9 heteroatoms. The highest BCUT2D eigenvalue weighted by Crippen LogP contribution is 2.30. The molecule has 0 atom stereocenters. The number of alkyl halides is 3. The number of halogens is 3. The van der Waals surface area contributed by atoms with Gasteiger partial charge in [0.25, 0.3) is 0 Å². The molecule has 0 unspecified atom stereocenters. The Bertz CT molecular complexity index is 851. The van der Waals surface area contributed by atoms with Crippen LogP contribution in [0, 0.1) is 0 Å². The van der Waals surface area contributed by atoms with E-state index >= 15 is 0 Å². The summed E-state index contributed by atoms with van der Waals surface area (Å²) in [6.45, 7) is 2.25. The third-order valence-electron chi connectivity index (χ3n) is 3.24. The van der Waals surface area contributed by atoms with Crippen molar-refractivity contribution in [1.29, 1.82) is 0 Å². The van der Waals surface area contributed by atoms with E-state index < -0.39 is 23.6 Å². The number of rotatable bonds is 5. The van der Waals surface area contributed by atoms with Crippen LogP contribution in [0.5, 0.6) is 5.75 Å². The second-order valence-electron chi connectivity index (χ2n) is 5.20. The number of carbonyl (C=O) groups is 2. The molecule has 0 heterocycles. The summed E-state index contributed by atoms with van der Waals surface area (Å²) in [5.74, 6) is -1.73. The fourth-order valence-electron chi connectivity index (χ4n) is 2.05. The van der Waals surface area contributed by atoms with E-state index in [1.807, 2.05) is 12.3 Å². The van der Waals surface area contributed by atoms with Crippen LogP contribution < -0.4 is 15.5 Å². The van der Waals surface area contributed by atoms with Gasteiger partial charge in [0.1, 0.15) is 5.75 Å². The molecule has 0 fully saturated rings. The zero-order valence-electron chi connectivity index (χ0n) is 14.2. The van der Waals surface area contributed by atoms with Gasteiger partial charge >= 0.3 is 18.0 Å². The van der Waals surface area contributed by atoms with Crippen molar-refractivity contribution in [3.63, 3.8) is 0 Å². The van der Waals surface area contributed by atoms with Crippen molar-refractivity contribution in [3.8, 4) is 5.75 Å². The lowest BCUT2D eigenvalue weighted by Crippen LogP contribution is -2.32. The van der Waals surface area contributed by atoms with Gasteiger partial charge in [-0.3, -0.25) is 9.59 Å². The number of ether oxygens (including phenoxy) is 1. The number of amides is 2. The van der Waals surface area contributed by atoms with Crippen LogP contribution in [0.1, 0.15) is 18.1 Å². The SMILES string of the molecule is CCOc1ccccc1/C=N\NC(=O)C(=O)Nc1cccc(C(F)(F)F)c1. The molecule has 2 rings (SSSR count). The van der Waals surface area contributed by atoms with E-state index in [1.165, 1.54) is 12.3 Å². The molecule has 2 N–H and O–H groups in total. The number of anilines is 1. The molecule has 0 aliphatic carbocycles. The Labute approximate surface area is 153 Å². The molecular weight excluding hydrogens is 363 g/mol. The molecule has 0 radical (unpaired) electrons. The number of hydrogen-bond acceptors (Lipinski definition) is 4. The molecule has 27 heavy (non-hydrogen) atoms. The van der Waals surface area contributed by atoms with Crippen molar-refractivity contribution in [2.45, 2.75) is 13.1 Å². The second kappa shape index (κ2) is 8.84. The van der Waals surface area contributed by atoms with Gasteiger partial charge in [-0.25, -0.2) is 5.43 Å². The number of nitrogens with one attached hydrogen (secondary N) is 2. The Balaban J connectivity index is 1.98. The molecule has 0 spiro atoms. The van der Waals surface area contributed by atoms with Crippen LogP contribution in [0.15, 0.2) is 53.6 Å². The summed E-state index contributed by atoms with van der Waals surface area (Å²) < 4.78 is 43.4. The highest BCUT2D eigenvalue weighted by atomic mass is 19.4. The molecule has 2 aromatic rings. The Morgan fingerprint density at radius 3 is 2.56 bits per heavy atom. The highest BCUT2D eigenvalue weighted by molar-refractivity contribution is 6.39. The second-order valence-corrected chi connectivity index (χ2v) is 5.20. The van der Waals surface area contributed by atoms with Gasteiger partial charge in [-0.15, -0.1) is 0 Å². The van der Waals surface area contributed by atoms with E-state index in [1.54, 1.807) is 24.3 Å². The number of benzene rings is 2. The van der Waals surface area contributed by atoms with Crippen LogP contribution in [0.4, 0.5) is 18.9 Å². The van der Waals surface area contributed by atoms with Gasteiger partial charge in [-0.1, -0.05) is 18.2 Å². The summed E-state index contributed by atoms with van der Waals surface area (Å²) in [7, 11) is 0. The van der Waals surface area contributed by atoms with E-state index in [-0.39, 0.29) is 5.69 Å². The number of nitrogens with zero attached hydrogens (tertiary/aromatic N) is 1. The van der Waals surface area contributed by atoms with Gasteiger partial charge in [-0.2, -0.15) is 18.3 Å². The topological polar surface area (TPSA) is 79.8 Å².